The third-order valence-electron chi connectivity index (χ3n) is 2.66. The van der Waals surface area contributed by atoms with Gasteiger partial charge in [0.2, 0.25) is 0 Å². The Morgan fingerprint density at radius 1 is 0.938 bits per heavy atom. The molecule has 0 unspecified atom stereocenters. The van der Waals surface area contributed by atoms with Crippen molar-refractivity contribution in [2.24, 2.45) is 0 Å². The van der Waals surface area contributed by atoms with E-state index in [4.69, 9.17) is 0 Å². The topological polar surface area (TPSA) is 0 Å². The van der Waals surface area contributed by atoms with Gasteiger partial charge in [-0.1, -0.05) is 66.8 Å². The quantitative estimate of drug-likeness (QED) is 0.651. The van der Waals surface area contributed by atoms with Gasteiger partial charge in [-0.2, -0.15) is 0 Å². The van der Waals surface area contributed by atoms with E-state index < -0.39 is 0 Å². The zero-order valence-corrected chi connectivity index (χ0v) is 9.56. The molecule has 0 aliphatic heterocycles. The van der Waals surface area contributed by atoms with Gasteiger partial charge in [-0.05, 0) is 29.7 Å². The van der Waals surface area contributed by atoms with E-state index in [1.54, 1.807) is 0 Å². The molecule has 2 rings (SSSR count). The molecular formula is C16H16. The van der Waals surface area contributed by atoms with E-state index in [0.29, 0.717) is 0 Å². The van der Waals surface area contributed by atoms with E-state index in [9.17, 15) is 0 Å². The van der Waals surface area contributed by atoms with Crippen LogP contribution in [-0.2, 0) is 6.42 Å². The van der Waals surface area contributed by atoms with Crippen molar-refractivity contribution in [3.63, 3.8) is 0 Å². The normalized spacial score (nSPS) is 11.8. The third kappa shape index (κ3) is 2.40. The van der Waals surface area contributed by atoms with Crippen LogP contribution in [-0.4, -0.2) is 0 Å². The van der Waals surface area contributed by atoms with Gasteiger partial charge in [0, 0.05) is 0 Å². The number of rotatable bonds is 3. The summed E-state index contributed by atoms with van der Waals surface area (Å²) < 4.78 is 0. The second-order valence-corrected chi connectivity index (χ2v) is 3.80. The van der Waals surface area contributed by atoms with Gasteiger partial charge in [0.05, 0.1) is 0 Å². The van der Waals surface area contributed by atoms with Crippen molar-refractivity contribution in [2.45, 2.75) is 13.3 Å². The fourth-order valence-corrected chi connectivity index (χ4v) is 1.86. The van der Waals surface area contributed by atoms with Crippen molar-refractivity contribution in [1.82, 2.24) is 0 Å². The number of allylic oxidation sites excluding steroid dienone is 4. The molecular weight excluding hydrogens is 192 g/mol. The summed E-state index contributed by atoms with van der Waals surface area (Å²) in [5.41, 5.74) is 1.39. The molecule has 16 heavy (non-hydrogen) atoms. The number of hydrogen-bond donors (Lipinski definition) is 0. The minimum atomic E-state index is 0.992. The summed E-state index contributed by atoms with van der Waals surface area (Å²) in [6, 6.07) is 15.0. The molecule has 0 radical (unpaired) electrons. The maximum atomic E-state index is 2.20. The molecule has 0 saturated heterocycles. The minimum absolute atomic E-state index is 0.992. The summed E-state index contributed by atoms with van der Waals surface area (Å²) in [7, 11) is 0. The van der Waals surface area contributed by atoms with Crippen molar-refractivity contribution in [1.29, 1.82) is 0 Å². The molecule has 0 spiro atoms. The molecule has 0 atom stereocenters. The fourth-order valence-electron chi connectivity index (χ4n) is 1.86. The summed E-state index contributed by atoms with van der Waals surface area (Å²) in [6.07, 6.45) is 9.39. The van der Waals surface area contributed by atoms with Crippen LogP contribution in [0, 0.1) is 0 Å². The van der Waals surface area contributed by atoms with Crippen molar-refractivity contribution >= 4 is 10.8 Å². The summed E-state index contributed by atoms with van der Waals surface area (Å²) in [5.74, 6) is 0. The Morgan fingerprint density at radius 2 is 1.75 bits per heavy atom. The smallest absolute Gasteiger partial charge is 0.00882 e. The molecule has 0 aromatic heterocycles. The Bertz CT molecular complexity index is 513. The van der Waals surface area contributed by atoms with Crippen LogP contribution in [0.3, 0.4) is 0 Å². The van der Waals surface area contributed by atoms with Gasteiger partial charge in [0.15, 0.2) is 0 Å². The van der Waals surface area contributed by atoms with Crippen molar-refractivity contribution < 1.29 is 0 Å². The first kappa shape index (κ1) is 10.7. The first-order valence-electron chi connectivity index (χ1n) is 5.66. The molecule has 2 aromatic carbocycles. The summed E-state index contributed by atoms with van der Waals surface area (Å²) in [4.78, 5) is 0. The lowest BCUT2D eigenvalue weighted by atomic mass is 10.0. The molecule has 0 heterocycles. The summed E-state index contributed by atoms with van der Waals surface area (Å²) in [5, 5.41) is 2.68. The lowest BCUT2D eigenvalue weighted by Gasteiger charge is -2.03. The highest BCUT2D eigenvalue weighted by atomic mass is 14.0. The van der Waals surface area contributed by atoms with Crippen molar-refractivity contribution in [2.75, 3.05) is 0 Å². The lowest BCUT2D eigenvalue weighted by Crippen LogP contribution is -1.83. The minimum Gasteiger partial charge on any atom is -0.0877 e. The van der Waals surface area contributed by atoms with Gasteiger partial charge >= 0.3 is 0 Å². The number of hydrogen-bond acceptors (Lipinski definition) is 0. The van der Waals surface area contributed by atoms with E-state index in [1.807, 2.05) is 13.0 Å². The molecule has 0 N–H and O–H groups in total. The standard InChI is InChI=1S/C16H16/c1-2-3-4-5-9-14-11-8-12-15-10-6-7-13-16(14)15/h2-8,10-13H,9H2,1H3/b3-2+,5-4+. The molecule has 0 saturated carbocycles. The zero-order chi connectivity index (χ0) is 11.2. The summed E-state index contributed by atoms with van der Waals surface area (Å²) >= 11 is 0. The largest absolute Gasteiger partial charge is 0.0877 e. The molecule has 0 amide bonds. The third-order valence-corrected chi connectivity index (χ3v) is 2.66. The highest BCUT2D eigenvalue weighted by molar-refractivity contribution is 5.85. The van der Waals surface area contributed by atoms with Crippen molar-refractivity contribution in [3.8, 4) is 0 Å². The van der Waals surface area contributed by atoms with Crippen LogP contribution in [0.25, 0.3) is 10.8 Å². The summed E-state index contributed by atoms with van der Waals surface area (Å²) in [6.45, 7) is 2.03. The Hall–Kier alpha value is -1.82. The number of fused-ring (bicyclic) bond motifs is 1. The second kappa shape index (κ2) is 5.32. The molecule has 0 bridgehead atoms. The molecule has 2 aromatic rings. The average molecular weight is 208 g/mol. The predicted octanol–water partition coefficient (Wildman–Crippen LogP) is 4.51. The van der Waals surface area contributed by atoms with Gasteiger partial charge in [0.25, 0.3) is 0 Å². The van der Waals surface area contributed by atoms with Crippen LogP contribution in [0.1, 0.15) is 12.5 Å². The molecule has 0 aliphatic carbocycles. The van der Waals surface area contributed by atoms with E-state index >= 15 is 0 Å². The molecule has 0 aliphatic rings. The Labute approximate surface area is 96.9 Å². The van der Waals surface area contributed by atoms with E-state index in [2.05, 4.69) is 60.7 Å². The number of benzene rings is 2. The van der Waals surface area contributed by atoms with Crippen molar-refractivity contribution in [3.05, 3.63) is 72.3 Å². The van der Waals surface area contributed by atoms with Gasteiger partial charge in [-0.3, -0.25) is 0 Å². The van der Waals surface area contributed by atoms with Crippen LogP contribution in [0.2, 0.25) is 0 Å². The SMILES string of the molecule is C/C=C/C=C/Cc1cccc2ccccc12. The molecule has 80 valence electrons. The van der Waals surface area contributed by atoms with Crippen LogP contribution in [0.4, 0.5) is 0 Å². The maximum absolute atomic E-state index is 2.20. The van der Waals surface area contributed by atoms with Gasteiger partial charge in [-0.25, -0.2) is 0 Å². The second-order valence-electron chi connectivity index (χ2n) is 3.80. The first-order valence-corrected chi connectivity index (χ1v) is 5.66. The molecule has 0 heteroatoms. The predicted molar refractivity (Wildman–Crippen MR) is 71.6 cm³/mol. The van der Waals surface area contributed by atoms with Gasteiger partial charge < -0.3 is 0 Å². The molecule has 0 fully saturated rings. The first-order chi connectivity index (χ1) is 7.92. The lowest BCUT2D eigenvalue weighted by molar-refractivity contribution is 1.30. The van der Waals surface area contributed by atoms with Gasteiger partial charge in [0.1, 0.15) is 0 Å². The van der Waals surface area contributed by atoms with Crippen LogP contribution < -0.4 is 0 Å². The Morgan fingerprint density at radius 3 is 2.62 bits per heavy atom. The fraction of sp³-hybridized carbons (Fsp3) is 0.125. The Balaban J connectivity index is 2.30. The molecule has 0 nitrogen and oxygen atoms in total. The van der Waals surface area contributed by atoms with E-state index in [1.165, 1.54) is 16.3 Å². The van der Waals surface area contributed by atoms with Crippen LogP contribution >= 0.6 is 0 Å². The highest BCUT2D eigenvalue weighted by Crippen LogP contribution is 2.18. The Kier molecular flexibility index (Phi) is 3.55. The van der Waals surface area contributed by atoms with E-state index in [-0.39, 0.29) is 0 Å². The maximum Gasteiger partial charge on any atom is -0.00882 e. The highest BCUT2D eigenvalue weighted by Gasteiger charge is 1.96. The van der Waals surface area contributed by atoms with Crippen LogP contribution in [0.15, 0.2) is 66.8 Å². The van der Waals surface area contributed by atoms with E-state index in [0.717, 1.165) is 6.42 Å². The zero-order valence-electron chi connectivity index (χ0n) is 9.56. The van der Waals surface area contributed by atoms with Gasteiger partial charge in [-0.15, -0.1) is 0 Å². The monoisotopic (exact) mass is 208 g/mol. The average Bonchev–Trinajstić information content (AvgIpc) is 2.35. The van der Waals surface area contributed by atoms with Crippen LogP contribution in [0.5, 0.6) is 0 Å².